The lowest BCUT2D eigenvalue weighted by atomic mass is 10.2. The van der Waals surface area contributed by atoms with Crippen molar-refractivity contribution in [3.05, 3.63) is 41.2 Å². The monoisotopic (exact) mass is 292 g/mol. The van der Waals surface area contributed by atoms with E-state index in [2.05, 4.69) is 15.5 Å². The fraction of sp³-hybridized carbons (Fsp3) is 0.273. The molecule has 0 atom stereocenters. The van der Waals surface area contributed by atoms with Crippen LogP contribution in [-0.2, 0) is 13.5 Å². The Balaban J connectivity index is 2.16. The molecule has 0 aliphatic heterocycles. The van der Waals surface area contributed by atoms with Gasteiger partial charge >= 0.3 is 0 Å². The van der Waals surface area contributed by atoms with E-state index in [1.807, 2.05) is 0 Å². The van der Waals surface area contributed by atoms with Crippen LogP contribution in [-0.4, -0.2) is 21.3 Å². The average molecular weight is 292 g/mol. The molecule has 0 unspecified atom stereocenters. The van der Waals surface area contributed by atoms with E-state index in [0.717, 1.165) is 0 Å². The summed E-state index contributed by atoms with van der Waals surface area (Å²) in [6.45, 7) is -0.0646. The first kappa shape index (κ1) is 14.2. The summed E-state index contributed by atoms with van der Waals surface area (Å²) in [7, 11) is 1.66. The normalized spacial score (nSPS) is 10.9. The van der Waals surface area contributed by atoms with Crippen LogP contribution in [0.5, 0.6) is 0 Å². The van der Waals surface area contributed by atoms with Crippen molar-refractivity contribution in [3.63, 3.8) is 0 Å². The van der Waals surface area contributed by atoms with Gasteiger partial charge in [0.15, 0.2) is 23.3 Å². The first-order chi connectivity index (χ1) is 9.43. The molecule has 108 valence electrons. The first-order valence-electron chi connectivity index (χ1n) is 5.51. The van der Waals surface area contributed by atoms with E-state index in [1.165, 1.54) is 6.33 Å². The lowest BCUT2D eigenvalue weighted by Gasteiger charge is -2.10. The molecule has 1 N–H and O–H groups in total. The highest BCUT2D eigenvalue weighted by Crippen LogP contribution is 2.26. The van der Waals surface area contributed by atoms with Crippen molar-refractivity contribution in [1.82, 2.24) is 14.8 Å². The standard InChI is InChI=1S/C11H9F5N4/c1-20-4-18-19-5(20)2-3-17-11-9(15)7(13)6(12)8(14)10(11)16/h4,17H,2-3H2,1H3. The zero-order valence-electron chi connectivity index (χ0n) is 10.2. The maximum absolute atomic E-state index is 13.3. The summed E-state index contributed by atoms with van der Waals surface area (Å²) in [5, 5.41) is 9.49. The molecule has 0 fully saturated rings. The number of aryl methyl sites for hydroxylation is 1. The Morgan fingerprint density at radius 2 is 1.55 bits per heavy atom. The predicted molar refractivity (Wildman–Crippen MR) is 59.4 cm³/mol. The molecule has 4 nitrogen and oxygen atoms in total. The maximum atomic E-state index is 13.3. The number of nitrogens with zero attached hydrogens (tertiary/aromatic N) is 3. The largest absolute Gasteiger partial charge is 0.380 e. The SMILES string of the molecule is Cn1cnnc1CCNc1c(F)c(F)c(F)c(F)c1F. The van der Waals surface area contributed by atoms with Crippen LogP contribution in [0.3, 0.4) is 0 Å². The van der Waals surface area contributed by atoms with Gasteiger partial charge in [0.25, 0.3) is 0 Å². The van der Waals surface area contributed by atoms with Gasteiger partial charge in [-0.3, -0.25) is 0 Å². The molecule has 1 aromatic carbocycles. The summed E-state index contributed by atoms with van der Waals surface area (Å²) >= 11 is 0. The minimum absolute atomic E-state index is 0.0646. The van der Waals surface area contributed by atoms with Crippen molar-refractivity contribution in [1.29, 1.82) is 0 Å². The van der Waals surface area contributed by atoms with Crippen molar-refractivity contribution in [3.8, 4) is 0 Å². The molecule has 1 heterocycles. The summed E-state index contributed by atoms with van der Waals surface area (Å²) in [6, 6.07) is 0. The van der Waals surface area contributed by atoms with Crippen molar-refractivity contribution >= 4 is 5.69 Å². The quantitative estimate of drug-likeness (QED) is 0.533. The smallest absolute Gasteiger partial charge is 0.200 e. The number of nitrogens with one attached hydrogen (secondary N) is 1. The van der Waals surface area contributed by atoms with Crippen LogP contribution in [0.4, 0.5) is 27.6 Å². The summed E-state index contributed by atoms with van der Waals surface area (Å²) < 4.78 is 66.9. The van der Waals surface area contributed by atoms with Gasteiger partial charge in [-0.05, 0) is 0 Å². The lowest BCUT2D eigenvalue weighted by molar-refractivity contribution is 0.381. The Morgan fingerprint density at radius 3 is 2.05 bits per heavy atom. The summed E-state index contributed by atoms with van der Waals surface area (Å²) in [5.41, 5.74) is -1.05. The van der Waals surface area contributed by atoms with Gasteiger partial charge in [0.1, 0.15) is 17.8 Å². The van der Waals surface area contributed by atoms with Gasteiger partial charge in [-0.15, -0.1) is 10.2 Å². The Labute approximate surface area is 110 Å². The number of halogens is 5. The van der Waals surface area contributed by atoms with Gasteiger partial charge in [-0.25, -0.2) is 22.0 Å². The van der Waals surface area contributed by atoms with Crippen LogP contribution in [0.1, 0.15) is 5.82 Å². The molecule has 0 saturated heterocycles. The van der Waals surface area contributed by atoms with E-state index in [4.69, 9.17) is 0 Å². The van der Waals surface area contributed by atoms with Gasteiger partial charge in [0, 0.05) is 20.0 Å². The Morgan fingerprint density at radius 1 is 1.00 bits per heavy atom. The zero-order valence-corrected chi connectivity index (χ0v) is 10.2. The van der Waals surface area contributed by atoms with E-state index in [-0.39, 0.29) is 13.0 Å². The highest BCUT2D eigenvalue weighted by Gasteiger charge is 2.25. The number of hydrogen-bond acceptors (Lipinski definition) is 3. The molecule has 0 spiro atoms. The fourth-order valence-corrected chi connectivity index (χ4v) is 1.59. The Kier molecular flexibility index (Phi) is 3.86. The van der Waals surface area contributed by atoms with Crippen LogP contribution >= 0.6 is 0 Å². The molecule has 1 aromatic heterocycles. The number of anilines is 1. The first-order valence-corrected chi connectivity index (χ1v) is 5.51. The van der Waals surface area contributed by atoms with Crippen molar-refractivity contribution in [2.75, 3.05) is 11.9 Å². The molecule has 0 aliphatic carbocycles. The average Bonchev–Trinajstić information content (AvgIpc) is 2.84. The van der Waals surface area contributed by atoms with Crippen LogP contribution < -0.4 is 5.32 Å². The van der Waals surface area contributed by atoms with Crippen LogP contribution in [0.15, 0.2) is 6.33 Å². The van der Waals surface area contributed by atoms with Gasteiger partial charge in [-0.2, -0.15) is 0 Å². The summed E-state index contributed by atoms with van der Waals surface area (Å²) in [5.74, 6) is -9.42. The van der Waals surface area contributed by atoms with Gasteiger partial charge in [0.2, 0.25) is 5.82 Å². The third-order valence-electron chi connectivity index (χ3n) is 2.67. The van der Waals surface area contributed by atoms with Crippen LogP contribution in [0.25, 0.3) is 0 Å². The molecule has 2 aromatic rings. The highest BCUT2D eigenvalue weighted by atomic mass is 19.2. The van der Waals surface area contributed by atoms with E-state index in [0.29, 0.717) is 5.82 Å². The fourth-order valence-electron chi connectivity index (χ4n) is 1.59. The minimum Gasteiger partial charge on any atom is -0.380 e. The van der Waals surface area contributed by atoms with E-state index < -0.39 is 34.8 Å². The van der Waals surface area contributed by atoms with Gasteiger partial charge < -0.3 is 9.88 Å². The summed E-state index contributed by atoms with van der Waals surface area (Å²) in [6.07, 6.45) is 1.63. The Bertz CT molecular complexity index is 611. The van der Waals surface area contributed by atoms with Crippen LogP contribution in [0.2, 0.25) is 0 Å². The van der Waals surface area contributed by atoms with Gasteiger partial charge in [-0.1, -0.05) is 0 Å². The second-order valence-corrected chi connectivity index (χ2v) is 3.98. The topological polar surface area (TPSA) is 42.7 Å². The molecule has 0 bridgehead atoms. The zero-order chi connectivity index (χ0) is 14.9. The second-order valence-electron chi connectivity index (χ2n) is 3.98. The number of aromatic nitrogens is 3. The van der Waals surface area contributed by atoms with Crippen molar-refractivity contribution in [2.24, 2.45) is 7.05 Å². The maximum Gasteiger partial charge on any atom is 0.200 e. The van der Waals surface area contributed by atoms with E-state index in [9.17, 15) is 22.0 Å². The van der Waals surface area contributed by atoms with E-state index >= 15 is 0 Å². The molecular formula is C11H9F5N4. The third-order valence-corrected chi connectivity index (χ3v) is 2.67. The van der Waals surface area contributed by atoms with E-state index in [1.54, 1.807) is 11.6 Å². The van der Waals surface area contributed by atoms with Crippen LogP contribution in [0, 0.1) is 29.1 Å². The predicted octanol–water partition coefficient (Wildman–Crippen LogP) is 2.17. The molecule has 2 rings (SSSR count). The Hall–Kier alpha value is -2.19. The third kappa shape index (κ3) is 2.43. The lowest BCUT2D eigenvalue weighted by Crippen LogP contribution is -2.13. The number of hydrogen-bond donors (Lipinski definition) is 1. The van der Waals surface area contributed by atoms with Gasteiger partial charge in [0.05, 0.1) is 0 Å². The van der Waals surface area contributed by atoms with Crippen molar-refractivity contribution < 1.29 is 22.0 Å². The molecule has 20 heavy (non-hydrogen) atoms. The molecular weight excluding hydrogens is 283 g/mol. The molecule has 0 radical (unpaired) electrons. The van der Waals surface area contributed by atoms with Crippen molar-refractivity contribution in [2.45, 2.75) is 6.42 Å². The highest BCUT2D eigenvalue weighted by molar-refractivity contribution is 5.47. The molecule has 0 amide bonds. The second kappa shape index (κ2) is 5.43. The molecule has 0 saturated carbocycles. The molecule has 0 aliphatic rings. The number of benzene rings is 1. The molecule has 9 heteroatoms. The summed E-state index contributed by atoms with van der Waals surface area (Å²) in [4.78, 5) is 0. The number of rotatable bonds is 4. The minimum atomic E-state index is -2.18.